The van der Waals surface area contributed by atoms with Crippen LogP contribution in [0.2, 0.25) is 5.02 Å². The third-order valence-corrected chi connectivity index (χ3v) is 2.78. The Morgan fingerprint density at radius 3 is 3.00 bits per heavy atom. The van der Waals surface area contributed by atoms with Crippen LogP contribution in [0, 0.1) is 5.92 Å². The summed E-state index contributed by atoms with van der Waals surface area (Å²) in [7, 11) is 0. The van der Waals surface area contributed by atoms with E-state index in [4.69, 9.17) is 11.6 Å². The molecule has 0 spiro atoms. The molecule has 0 unspecified atom stereocenters. The van der Waals surface area contributed by atoms with Gasteiger partial charge in [-0.3, -0.25) is 0 Å². The van der Waals surface area contributed by atoms with Crippen LogP contribution in [0.25, 0.3) is 0 Å². The molecule has 2 N–H and O–H groups in total. The Kier molecular flexibility index (Phi) is 4.04. The van der Waals surface area contributed by atoms with Crippen LogP contribution >= 0.6 is 11.6 Å². The maximum atomic E-state index is 11.4. The molecule has 1 aromatic rings. The Balaban J connectivity index is 1.71. The molecule has 1 aliphatic rings. The molecule has 1 aliphatic carbocycles. The van der Waals surface area contributed by atoms with Crippen LogP contribution in [0.5, 0.6) is 0 Å². The predicted molar refractivity (Wildman–Crippen MR) is 68.7 cm³/mol. The van der Waals surface area contributed by atoms with Crippen molar-refractivity contribution in [2.45, 2.75) is 19.4 Å². The molecule has 0 radical (unpaired) electrons. The van der Waals surface area contributed by atoms with Gasteiger partial charge in [0.05, 0.1) is 0 Å². The normalized spacial score (nSPS) is 14.9. The quantitative estimate of drug-likeness (QED) is 0.847. The average molecular weight is 251 g/mol. The van der Waals surface area contributed by atoms with E-state index >= 15 is 0 Å². The topological polar surface area (TPSA) is 41.1 Å². The van der Waals surface area contributed by atoms with E-state index in [1.54, 1.807) is 6.20 Å². The van der Waals surface area contributed by atoms with Crippen LogP contribution in [0.15, 0.2) is 36.5 Å². The Morgan fingerprint density at radius 1 is 1.47 bits per heavy atom. The Labute approximate surface area is 106 Å². The van der Waals surface area contributed by atoms with Crippen LogP contribution in [0.4, 0.5) is 4.79 Å². The zero-order valence-corrected chi connectivity index (χ0v) is 10.2. The van der Waals surface area contributed by atoms with E-state index in [0.717, 1.165) is 5.56 Å². The molecule has 1 saturated carbocycles. The summed E-state index contributed by atoms with van der Waals surface area (Å²) in [4.78, 5) is 11.4. The molecular weight excluding hydrogens is 236 g/mol. The number of amides is 2. The summed E-state index contributed by atoms with van der Waals surface area (Å²) < 4.78 is 0. The number of rotatable bonds is 4. The van der Waals surface area contributed by atoms with Crippen LogP contribution < -0.4 is 10.6 Å². The first-order valence-corrected chi connectivity index (χ1v) is 6.07. The number of carbonyl (C=O) groups is 1. The van der Waals surface area contributed by atoms with Crippen molar-refractivity contribution in [1.29, 1.82) is 0 Å². The minimum atomic E-state index is -0.193. The zero-order chi connectivity index (χ0) is 12.1. The molecule has 0 aromatic heterocycles. The largest absolute Gasteiger partial charge is 0.334 e. The third-order valence-electron chi connectivity index (χ3n) is 2.55. The number of urea groups is 1. The molecule has 4 heteroatoms. The first-order chi connectivity index (χ1) is 8.24. The summed E-state index contributed by atoms with van der Waals surface area (Å²) in [5, 5.41) is 6.11. The minimum absolute atomic E-state index is 0.193. The van der Waals surface area contributed by atoms with Gasteiger partial charge in [0.1, 0.15) is 0 Å². The standard InChI is InChI=1S/C13H15ClN2O/c14-12-3-1-2-11(8-12)9-16-13(17)15-7-6-10-4-5-10/h1-3,6-8,10H,4-5,9H2,(H2,15,16,17)/b7-6+. The molecule has 2 rings (SSSR count). The molecule has 2 amide bonds. The van der Waals surface area contributed by atoms with Gasteiger partial charge >= 0.3 is 6.03 Å². The smallest absolute Gasteiger partial charge is 0.319 e. The van der Waals surface area contributed by atoms with Crippen LogP contribution in [-0.2, 0) is 6.54 Å². The summed E-state index contributed by atoms with van der Waals surface area (Å²) >= 11 is 5.85. The molecule has 0 heterocycles. The summed E-state index contributed by atoms with van der Waals surface area (Å²) in [6.45, 7) is 0.476. The fourth-order valence-corrected chi connectivity index (χ4v) is 1.64. The summed E-state index contributed by atoms with van der Waals surface area (Å²) in [5.74, 6) is 0.670. The molecule has 90 valence electrons. The van der Waals surface area contributed by atoms with E-state index in [-0.39, 0.29) is 6.03 Å². The van der Waals surface area contributed by atoms with Gasteiger partial charge in [0.15, 0.2) is 0 Å². The summed E-state index contributed by atoms with van der Waals surface area (Å²) in [6, 6.07) is 7.24. The molecule has 3 nitrogen and oxygen atoms in total. The lowest BCUT2D eigenvalue weighted by Crippen LogP contribution is -2.31. The number of hydrogen-bond donors (Lipinski definition) is 2. The Morgan fingerprint density at radius 2 is 2.29 bits per heavy atom. The van der Waals surface area contributed by atoms with E-state index in [0.29, 0.717) is 17.5 Å². The van der Waals surface area contributed by atoms with Crippen LogP contribution in [0.1, 0.15) is 18.4 Å². The van der Waals surface area contributed by atoms with E-state index in [2.05, 4.69) is 10.6 Å². The van der Waals surface area contributed by atoms with Crippen molar-refractivity contribution in [3.8, 4) is 0 Å². The number of benzene rings is 1. The van der Waals surface area contributed by atoms with Gasteiger partial charge < -0.3 is 10.6 Å². The number of halogens is 1. The van der Waals surface area contributed by atoms with Gasteiger partial charge in [-0.1, -0.05) is 29.8 Å². The molecule has 0 aliphatic heterocycles. The highest BCUT2D eigenvalue weighted by atomic mass is 35.5. The maximum Gasteiger partial charge on any atom is 0.319 e. The summed E-state index contributed by atoms with van der Waals surface area (Å²) in [5.41, 5.74) is 0.985. The van der Waals surface area contributed by atoms with Crippen molar-refractivity contribution < 1.29 is 4.79 Å². The number of nitrogens with one attached hydrogen (secondary N) is 2. The van der Waals surface area contributed by atoms with Gasteiger partial charge in [-0.2, -0.15) is 0 Å². The lowest BCUT2D eigenvalue weighted by Gasteiger charge is -2.04. The predicted octanol–water partition coefficient (Wildman–Crippen LogP) is 3.06. The van der Waals surface area contributed by atoms with Crippen LogP contribution in [-0.4, -0.2) is 6.03 Å². The average Bonchev–Trinajstić information content (AvgIpc) is 3.11. The molecule has 0 atom stereocenters. The van der Waals surface area contributed by atoms with Crippen molar-refractivity contribution >= 4 is 17.6 Å². The van der Waals surface area contributed by atoms with Crippen molar-refractivity contribution in [3.63, 3.8) is 0 Å². The minimum Gasteiger partial charge on any atom is -0.334 e. The fraction of sp³-hybridized carbons (Fsp3) is 0.308. The zero-order valence-electron chi connectivity index (χ0n) is 9.45. The van der Waals surface area contributed by atoms with Crippen molar-refractivity contribution in [2.24, 2.45) is 5.92 Å². The monoisotopic (exact) mass is 250 g/mol. The second-order valence-corrected chi connectivity index (χ2v) is 4.59. The van der Waals surface area contributed by atoms with Crippen LogP contribution in [0.3, 0.4) is 0 Å². The number of allylic oxidation sites excluding steroid dienone is 1. The fourth-order valence-electron chi connectivity index (χ4n) is 1.43. The van der Waals surface area contributed by atoms with E-state index in [9.17, 15) is 4.79 Å². The highest BCUT2D eigenvalue weighted by Gasteiger charge is 2.16. The molecule has 0 bridgehead atoms. The highest BCUT2D eigenvalue weighted by Crippen LogP contribution is 2.29. The maximum absolute atomic E-state index is 11.4. The first kappa shape index (κ1) is 12.0. The number of hydrogen-bond acceptors (Lipinski definition) is 1. The molecule has 0 saturated heterocycles. The van der Waals surface area contributed by atoms with E-state index in [1.165, 1.54) is 12.8 Å². The van der Waals surface area contributed by atoms with Crippen molar-refractivity contribution in [1.82, 2.24) is 10.6 Å². The summed E-state index contributed by atoms with van der Waals surface area (Å²) in [6.07, 6.45) is 6.22. The first-order valence-electron chi connectivity index (χ1n) is 5.69. The second kappa shape index (κ2) is 5.73. The Bertz CT molecular complexity index is 427. The van der Waals surface area contributed by atoms with Crippen molar-refractivity contribution in [3.05, 3.63) is 47.1 Å². The second-order valence-electron chi connectivity index (χ2n) is 4.15. The van der Waals surface area contributed by atoms with Gasteiger partial charge in [0.25, 0.3) is 0 Å². The third kappa shape index (κ3) is 4.49. The van der Waals surface area contributed by atoms with E-state index < -0.39 is 0 Å². The molecule has 1 fully saturated rings. The Hall–Kier alpha value is -1.48. The molecule has 17 heavy (non-hydrogen) atoms. The number of carbonyl (C=O) groups excluding carboxylic acids is 1. The molecule has 1 aromatic carbocycles. The lowest BCUT2D eigenvalue weighted by molar-refractivity contribution is 0.243. The van der Waals surface area contributed by atoms with Gasteiger partial charge in [0, 0.05) is 17.8 Å². The van der Waals surface area contributed by atoms with Crippen molar-refractivity contribution in [2.75, 3.05) is 0 Å². The van der Waals surface area contributed by atoms with Gasteiger partial charge in [-0.25, -0.2) is 4.79 Å². The SMILES string of the molecule is O=C(N/C=C/C1CC1)NCc1cccc(Cl)c1. The van der Waals surface area contributed by atoms with Gasteiger partial charge in [-0.05, 0) is 36.5 Å². The van der Waals surface area contributed by atoms with E-state index in [1.807, 2.05) is 30.3 Å². The van der Waals surface area contributed by atoms with Gasteiger partial charge in [0.2, 0.25) is 0 Å². The highest BCUT2D eigenvalue weighted by molar-refractivity contribution is 6.30. The molecular formula is C13H15ClN2O. The van der Waals surface area contributed by atoms with Gasteiger partial charge in [-0.15, -0.1) is 0 Å². The lowest BCUT2D eigenvalue weighted by atomic mass is 10.2.